The summed E-state index contributed by atoms with van der Waals surface area (Å²) in [5.41, 5.74) is 1.45. The number of carbonyl (C=O) groups is 4. The number of carboxylic acids is 1. The summed E-state index contributed by atoms with van der Waals surface area (Å²) in [5.74, 6) is -1.99. The lowest BCUT2D eigenvalue weighted by Gasteiger charge is -2.54. The maximum atomic E-state index is 13.4. The van der Waals surface area contributed by atoms with Gasteiger partial charge in [-0.3, -0.25) is 14.4 Å². The Labute approximate surface area is 212 Å². The fraction of sp³-hybridized carbons (Fsp3) is 0.360. The highest BCUT2D eigenvalue weighted by atomic mass is 19.1. The van der Waals surface area contributed by atoms with E-state index in [-0.39, 0.29) is 26.2 Å². The molecular weight excluding hydrogens is 485 g/mol. The molecule has 2 aliphatic rings. The van der Waals surface area contributed by atoms with Crippen LogP contribution in [0.1, 0.15) is 17.5 Å². The van der Waals surface area contributed by atoms with Gasteiger partial charge >= 0.3 is 12.0 Å². The summed E-state index contributed by atoms with van der Waals surface area (Å²) < 4.78 is 18.5. The van der Waals surface area contributed by atoms with E-state index in [4.69, 9.17) is 4.74 Å². The molecule has 11 nitrogen and oxygen atoms in total. The molecule has 0 unspecified atom stereocenters. The molecule has 2 heterocycles. The molecule has 2 atom stereocenters. The van der Waals surface area contributed by atoms with Gasteiger partial charge in [0.05, 0.1) is 26.6 Å². The summed E-state index contributed by atoms with van der Waals surface area (Å²) in [5, 5.41) is 15.1. The number of methoxy groups -OCH3 is 1. The number of halogens is 1. The quantitative estimate of drug-likeness (QED) is 0.571. The lowest BCUT2D eigenvalue weighted by Crippen LogP contribution is -2.76. The zero-order valence-electron chi connectivity index (χ0n) is 20.5. The van der Waals surface area contributed by atoms with Gasteiger partial charge in [-0.2, -0.15) is 0 Å². The average Bonchev–Trinajstić information content (AvgIpc) is 2.86. The van der Waals surface area contributed by atoms with E-state index in [0.717, 1.165) is 5.56 Å². The number of amides is 4. The number of carbonyl (C=O) groups excluding carboxylic acids is 3. The molecule has 4 rings (SSSR count). The van der Waals surface area contributed by atoms with Crippen LogP contribution in [0.25, 0.3) is 0 Å². The van der Waals surface area contributed by atoms with Crippen molar-refractivity contribution in [2.24, 2.45) is 0 Å². The number of urea groups is 1. The number of piperazine rings is 1. The molecule has 2 aromatic rings. The van der Waals surface area contributed by atoms with Crippen LogP contribution in [-0.4, -0.2) is 88.2 Å². The van der Waals surface area contributed by atoms with Crippen LogP contribution < -0.4 is 10.1 Å². The van der Waals surface area contributed by atoms with Crippen LogP contribution in [0.3, 0.4) is 0 Å². The molecule has 0 saturated carbocycles. The summed E-state index contributed by atoms with van der Waals surface area (Å²) in [4.78, 5) is 53.8. The second-order valence-corrected chi connectivity index (χ2v) is 8.91. The smallest absolute Gasteiger partial charge is 0.334 e. The van der Waals surface area contributed by atoms with Crippen molar-refractivity contribution < 1.29 is 33.4 Å². The number of carboxylic acid groups (broad SMARTS) is 1. The first-order valence-electron chi connectivity index (χ1n) is 11.6. The number of rotatable bonds is 7. The molecule has 0 aromatic heterocycles. The van der Waals surface area contributed by atoms with E-state index < -0.39 is 48.3 Å². The minimum Gasteiger partial charge on any atom is -0.497 e. The second kappa shape index (κ2) is 10.8. The third kappa shape index (κ3) is 5.64. The molecule has 37 heavy (non-hydrogen) atoms. The van der Waals surface area contributed by atoms with E-state index in [1.165, 1.54) is 44.1 Å². The maximum absolute atomic E-state index is 13.4. The number of aliphatic carboxylic acids is 1. The summed E-state index contributed by atoms with van der Waals surface area (Å²) in [6.45, 7) is 0.0234. The van der Waals surface area contributed by atoms with Gasteiger partial charge in [-0.15, -0.1) is 0 Å². The predicted molar refractivity (Wildman–Crippen MR) is 128 cm³/mol. The van der Waals surface area contributed by atoms with Crippen molar-refractivity contribution in [2.45, 2.75) is 31.7 Å². The molecule has 2 aromatic carbocycles. The van der Waals surface area contributed by atoms with E-state index in [2.05, 4.69) is 5.32 Å². The number of likely N-dealkylation sites (N-methyl/N-ethyl adjacent to an activating group) is 1. The van der Waals surface area contributed by atoms with Gasteiger partial charge in [0.25, 0.3) is 0 Å². The minimum absolute atomic E-state index is 0.0433. The van der Waals surface area contributed by atoms with Crippen LogP contribution in [0.5, 0.6) is 5.75 Å². The summed E-state index contributed by atoms with van der Waals surface area (Å²) in [6, 6.07) is 10.9. The molecule has 2 N–H and O–H groups in total. The molecule has 12 heteroatoms. The van der Waals surface area contributed by atoms with Gasteiger partial charge in [-0.1, -0.05) is 24.3 Å². The van der Waals surface area contributed by atoms with E-state index in [0.29, 0.717) is 11.3 Å². The SMILES string of the molecule is COc1ccc(CNC(=O)N2[C@H]3CN(Cc4ccc(F)cc4)C(=O)[C@H](CC(=O)O)N3C(=O)CN2C)cc1. The van der Waals surface area contributed by atoms with Gasteiger partial charge in [0, 0.05) is 20.1 Å². The highest BCUT2D eigenvalue weighted by molar-refractivity contribution is 5.93. The molecule has 2 saturated heterocycles. The predicted octanol–water partition coefficient (Wildman–Crippen LogP) is 1.25. The standard InChI is InChI=1S/C25H28FN5O6/c1-28-15-22(32)30-20(11-23(33)34)24(35)29(13-17-3-7-18(26)8-4-17)14-21(30)31(28)25(36)27-12-16-5-9-19(37-2)10-6-16/h3-10,20-21H,11-15H2,1-2H3,(H,27,36)(H,33,34)/t20-,21-/m0/s1. The van der Waals surface area contributed by atoms with Crippen molar-refractivity contribution in [2.75, 3.05) is 27.2 Å². The normalized spacial score (nSPS) is 20.0. The first-order chi connectivity index (χ1) is 17.7. The number of hydrazine groups is 1. The monoisotopic (exact) mass is 513 g/mol. The number of nitrogens with zero attached hydrogens (tertiary/aromatic N) is 4. The highest BCUT2D eigenvalue weighted by Crippen LogP contribution is 2.28. The van der Waals surface area contributed by atoms with E-state index in [1.54, 1.807) is 26.3 Å². The first-order valence-corrected chi connectivity index (χ1v) is 11.6. The van der Waals surface area contributed by atoms with Gasteiger partial charge in [0.1, 0.15) is 23.8 Å². The van der Waals surface area contributed by atoms with Gasteiger partial charge in [0.2, 0.25) is 11.8 Å². The van der Waals surface area contributed by atoms with Crippen molar-refractivity contribution in [1.82, 2.24) is 25.1 Å². The number of benzene rings is 2. The largest absolute Gasteiger partial charge is 0.497 e. The number of hydrogen-bond donors (Lipinski definition) is 2. The van der Waals surface area contributed by atoms with Crippen molar-refractivity contribution in [3.8, 4) is 5.75 Å². The minimum atomic E-state index is -1.28. The van der Waals surface area contributed by atoms with Crippen LogP contribution in [0, 0.1) is 5.82 Å². The Morgan fingerprint density at radius 1 is 1.08 bits per heavy atom. The van der Waals surface area contributed by atoms with Crippen molar-refractivity contribution in [3.05, 3.63) is 65.5 Å². The molecule has 196 valence electrons. The Bertz CT molecular complexity index is 1180. The van der Waals surface area contributed by atoms with Gasteiger partial charge in [0.15, 0.2) is 0 Å². The lowest BCUT2D eigenvalue weighted by molar-refractivity contribution is -0.189. The Morgan fingerprint density at radius 3 is 2.35 bits per heavy atom. The van der Waals surface area contributed by atoms with Crippen LogP contribution in [-0.2, 0) is 27.5 Å². The zero-order valence-corrected chi connectivity index (χ0v) is 20.5. The molecule has 0 aliphatic carbocycles. The Morgan fingerprint density at radius 2 is 1.73 bits per heavy atom. The third-order valence-electron chi connectivity index (χ3n) is 6.41. The number of nitrogens with one attached hydrogen (secondary N) is 1. The summed E-state index contributed by atoms with van der Waals surface area (Å²) in [6.07, 6.45) is -1.53. The fourth-order valence-corrected chi connectivity index (χ4v) is 4.63. The summed E-state index contributed by atoms with van der Waals surface area (Å²) in [7, 11) is 3.14. The Kier molecular flexibility index (Phi) is 7.58. The van der Waals surface area contributed by atoms with Gasteiger partial charge < -0.3 is 25.0 Å². The van der Waals surface area contributed by atoms with Gasteiger partial charge in [-0.25, -0.2) is 19.2 Å². The van der Waals surface area contributed by atoms with Crippen LogP contribution in [0.2, 0.25) is 0 Å². The third-order valence-corrected chi connectivity index (χ3v) is 6.41. The zero-order chi connectivity index (χ0) is 26.7. The molecule has 4 amide bonds. The van der Waals surface area contributed by atoms with Crippen molar-refractivity contribution in [3.63, 3.8) is 0 Å². The number of fused-ring (bicyclic) bond motifs is 1. The summed E-state index contributed by atoms with van der Waals surface area (Å²) >= 11 is 0. The van der Waals surface area contributed by atoms with E-state index >= 15 is 0 Å². The fourth-order valence-electron chi connectivity index (χ4n) is 4.63. The first kappa shape index (κ1) is 25.9. The second-order valence-electron chi connectivity index (χ2n) is 8.91. The van der Waals surface area contributed by atoms with Crippen LogP contribution in [0.15, 0.2) is 48.5 Å². The molecule has 0 radical (unpaired) electrons. The molecule has 0 spiro atoms. The molecule has 2 fully saturated rings. The topological polar surface area (TPSA) is 123 Å². The lowest BCUT2D eigenvalue weighted by atomic mass is 10.0. The van der Waals surface area contributed by atoms with Crippen molar-refractivity contribution in [1.29, 1.82) is 0 Å². The molecule has 0 bridgehead atoms. The van der Waals surface area contributed by atoms with Crippen LogP contribution in [0.4, 0.5) is 9.18 Å². The van der Waals surface area contributed by atoms with E-state index in [1.807, 2.05) is 12.1 Å². The Balaban J connectivity index is 1.58. The number of hydrogen-bond acceptors (Lipinski definition) is 6. The van der Waals surface area contributed by atoms with Crippen LogP contribution >= 0.6 is 0 Å². The highest BCUT2D eigenvalue weighted by Gasteiger charge is 2.51. The maximum Gasteiger partial charge on any atom is 0.334 e. The molecular formula is C25H28FN5O6. The number of ether oxygens (including phenoxy) is 1. The Hall–Kier alpha value is -4.19. The van der Waals surface area contributed by atoms with Gasteiger partial charge in [-0.05, 0) is 35.4 Å². The van der Waals surface area contributed by atoms with E-state index in [9.17, 15) is 28.7 Å². The molecule has 2 aliphatic heterocycles. The van der Waals surface area contributed by atoms with Crippen molar-refractivity contribution >= 4 is 23.8 Å². The average molecular weight is 514 g/mol.